The lowest BCUT2D eigenvalue weighted by molar-refractivity contribution is -0.126. The Morgan fingerprint density at radius 2 is 1.76 bits per heavy atom. The first-order chi connectivity index (χ1) is 16.5. The van der Waals surface area contributed by atoms with Crippen LogP contribution in [0.15, 0.2) is 76.3 Å². The number of carbonyl (C=O) groups excluding carboxylic acids is 2. The Hall–Kier alpha value is -3.36. The number of hydrogen-bond donors (Lipinski definition) is 2. The summed E-state index contributed by atoms with van der Waals surface area (Å²) in [5.41, 5.74) is 4.48. The van der Waals surface area contributed by atoms with E-state index in [4.69, 9.17) is 21.1 Å². The van der Waals surface area contributed by atoms with Crippen LogP contribution in [0.4, 0.5) is 5.69 Å². The molecule has 0 aliphatic rings. The zero-order valence-electron chi connectivity index (χ0n) is 18.4. The second kappa shape index (κ2) is 12.8. The minimum absolute atomic E-state index is 0.388. The van der Waals surface area contributed by atoms with E-state index < -0.39 is 18.2 Å². The van der Waals surface area contributed by atoms with Gasteiger partial charge in [-0.3, -0.25) is 9.59 Å². The third-order valence-electron chi connectivity index (χ3n) is 4.43. The average molecular weight is 545 g/mol. The van der Waals surface area contributed by atoms with Crippen molar-refractivity contribution >= 4 is 51.2 Å². The molecule has 0 fully saturated rings. The largest absolute Gasteiger partial charge is 0.490 e. The Morgan fingerprint density at radius 1 is 1.03 bits per heavy atom. The normalized spacial score (nSPS) is 10.7. The van der Waals surface area contributed by atoms with E-state index in [9.17, 15) is 9.59 Å². The summed E-state index contributed by atoms with van der Waals surface area (Å²) in [7, 11) is 0. The highest BCUT2D eigenvalue weighted by Crippen LogP contribution is 2.37. The van der Waals surface area contributed by atoms with Crippen LogP contribution >= 0.6 is 27.5 Å². The Balaban J connectivity index is 1.59. The van der Waals surface area contributed by atoms with Gasteiger partial charge in [-0.2, -0.15) is 5.10 Å². The summed E-state index contributed by atoms with van der Waals surface area (Å²) in [5, 5.41) is 6.91. The van der Waals surface area contributed by atoms with Gasteiger partial charge in [0.05, 0.1) is 28.0 Å². The van der Waals surface area contributed by atoms with Crippen LogP contribution in [0.2, 0.25) is 5.02 Å². The molecule has 3 aromatic rings. The van der Waals surface area contributed by atoms with E-state index in [1.165, 1.54) is 6.21 Å². The average Bonchev–Trinajstić information content (AvgIpc) is 2.81. The number of halogens is 2. The molecule has 0 saturated heterocycles. The highest BCUT2D eigenvalue weighted by atomic mass is 79.9. The minimum atomic E-state index is -0.562. The molecule has 3 aromatic carbocycles. The number of rotatable bonds is 10. The Morgan fingerprint density at radius 3 is 2.50 bits per heavy atom. The fraction of sp³-hybridized carbons (Fsp3) is 0.160. The van der Waals surface area contributed by atoms with Crippen LogP contribution in [-0.4, -0.2) is 24.6 Å². The van der Waals surface area contributed by atoms with Gasteiger partial charge in [-0.05, 0) is 58.2 Å². The molecule has 0 saturated carbocycles. The summed E-state index contributed by atoms with van der Waals surface area (Å²) in [6, 6.07) is 20.1. The quantitative estimate of drug-likeness (QED) is 0.199. The first-order valence-electron chi connectivity index (χ1n) is 10.5. The van der Waals surface area contributed by atoms with E-state index in [-0.39, 0.29) is 0 Å². The molecular weight excluding hydrogens is 522 g/mol. The van der Waals surface area contributed by atoms with Crippen LogP contribution in [0.25, 0.3) is 0 Å². The van der Waals surface area contributed by atoms with Crippen molar-refractivity contribution in [2.45, 2.75) is 20.0 Å². The molecular formula is C25H23BrClN3O4. The topological polar surface area (TPSA) is 89.0 Å². The van der Waals surface area contributed by atoms with E-state index in [1.54, 1.807) is 36.4 Å². The molecule has 0 bridgehead atoms. The second-order valence-corrected chi connectivity index (χ2v) is 8.30. The van der Waals surface area contributed by atoms with Gasteiger partial charge in [-0.25, -0.2) is 5.43 Å². The number of hydrazone groups is 1. The maximum atomic E-state index is 12.1. The summed E-state index contributed by atoms with van der Waals surface area (Å²) in [6.07, 6.45) is 1.06. The predicted molar refractivity (Wildman–Crippen MR) is 137 cm³/mol. The van der Waals surface area contributed by atoms with E-state index in [2.05, 4.69) is 31.8 Å². The maximum Gasteiger partial charge on any atom is 0.249 e. The molecule has 0 aromatic heterocycles. The molecule has 0 atom stereocenters. The van der Waals surface area contributed by atoms with Gasteiger partial charge in [-0.15, -0.1) is 0 Å². The number of ether oxygens (including phenoxy) is 2. The summed E-state index contributed by atoms with van der Waals surface area (Å²) < 4.78 is 12.4. The van der Waals surface area contributed by atoms with Gasteiger partial charge in [0.25, 0.3) is 0 Å². The molecule has 34 heavy (non-hydrogen) atoms. The Kier molecular flexibility index (Phi) is 9.49. The fourth-order valence-corrected chi connectivity index (χ4v) is 3.67. The molecule has 0 aliphatic heterocycles. The maximum absolute atomic E-state index is 12.1. The molecule has 2 N–H and O–H groups in total. The zero-order chi connectivity index (χ0) is 24.3. The lowest BCUT2D eigenvalue weighted by atomic mass is 10.2. The van der Waals surface area contributed by atoms with Crippen molar-refractivity contribution < 1.29 is 19.1 Å². The third kappa shape index (κ3) is 7.60. The number of carbonyl (C=O) groups is 2. The van der Waals surface area contributed by atoms with Crippen LogP contribution in [0.5, 0.6) is 11.5 Å². The van der Waals surface area contributed by atoms with Crippen molar-refractivity contribution in [3.05, 3.63) is 87.4 Å². The van der Waals surface area contributed by atoms with Crippen molar-refractivity contribution in [3.8, 4) is 11.5 Å². The van der Waals surface area contributed by atoms with Gasteiger partial charge >= 0.3 is 0 Å². The van der Waals surface area contributed by atoms with Crippen molar-refractivity contribution in [1.82, 2.24) is 5.43 Å². The van der Waals surface area contributed by atoms with Gasteiger partial charge in [0.2, 0.25) is 11.8 Å². The van der Waals surface area contributed by atoms with Crippen molar-refractivity contribution in [2.75, 3.05) is 11.9 Å². The monoisotopic (exact) mass is 543 g/mol. The van der Waals surface area contributed by atoms with Crippen molar-refractivity contribution in [2.24, 2.45) is 5.10 Å². The standard InChI is InChI=1S/C25H23BrClN3O4/c1-2-33-22-13-18(12-19(26)25(22)34-16-17-8-4-3-5-9-17)15-28-30-24(32)14-23(31)29-21-11-7-6-10-20(21)27/h3-13,15H,2,14,16H2,1H3,(H,29,31)(H,30,32). The van der Waals surface area contributed by atoms with Crippen LogP contribution in [0, 0.1) is 0 Å². The Labute approximate surface area is 211 Å². The molecule has 0 spiro atoms. The number of hydrogen-bond acceptors (Lipinski definition) is 5. The molecule has 0 radical (unpaired) electrons. The molecule has 9 heteroatoms. The molecule has 0 unspecified atom stereocenters. The fourth-order valence-electron chi connectivity index (χ4n) is 2.92. The van der Waals surface area contributed by atoms with Gasteiger partial charge in [-0.1, -0.05) is 54.1 Å². The van der Waals surface area contributed by atoms with E-state index in [0.717, 1.165) is 5.56 Å². The SMILES string of the molecule is CCOc1cc(C=NNC(=O)CC(=O)Nc2ccccc2Cl)cc(Br)c1OCc1ccccc1. The van der Waals surface area contributed by atoms with Gasteiger partial charge in [0.15, 0.2) is 11.5 Å². The second-order valence-electron chi connectivity index (χ2n) is 7.04. The number of para-hydroxylation sites is 1. The summed E-state index contributed by atoms with van der Waals surface area (Å²) >= 11 is 9.52. The van der Waals surface area contributed by atoms with Gasteiger partial charge in [0, 0.05) is 0 Å². The lowest BCUT2D eigenvalue weighted by Crippen LogP contribution is -2.24. The van der Waals surface area contributed by atoms with Crippen LogP contribution in [-0.2, 0) is 16.2 Å². The number of nitrogens with one attached hydrogen (secondary N) is 2. The van der Waals surface area contributed by atoms with E-state index in [0.29, 0.717) is 45.5 Å². The third-order valence-corrected chi connectivity index (χ3v) is 5.35. The van der Waals surface area contributed by atoms with Gasteiger partial charge in [0.1, 0.15) is 13.0 Å². The number of benzene rings is 3. The number of amides is 2. The zero-order valence-corrected chi connectivity index (χ0v) is 20.7. The van der Waals surface area contributed by atoms with Crippen LogP contribution in [0.1, 0.15) is 24.5 Å². The summed E-state index contributed by atoms with van der Waals surface area (Å²) in [6.45, 7) is 2.72. The summed E-state index contributed by atoms with van der Waals surface area (Å²) in [4.78, 5) is 24.1. The highest BCUT2D eigenvalue weighted by Gasteiger charge is 2.13. The number of anilines is 1. The Bertz CT molecular complexity index is 1170. The molecule has 0 heterocycles. The molecule has 176 valence electrons. The van der Waals surface area contributed by atoms with E-state index >= 15 is 0 Å². The van der Waals surface area contributed by atoms with Crippen molar-refractivity contribution in [3.63, 3.8) is 0 Å². The highest BCUT2D eigenvalue weighted by molar-refractivity contribution is 9.10. The molecule has 2 amide bonds. The predicted octanol–water partition coefficient (Wildman–Crippen LogP) is 5.56. The van der Waals surface area contributed by atoms with Gasteiger partial charge < -0.3 is 14.8 Å². The minimum Gasteiger partial charge on any atom is -0.490 e. The molecule has 0 aliphatic carbocycles. The summed E-state index contributed by atoms with van der Waals surface area (Å²) in [5.74, 6) is 0.0534. The van der Waals surface area contributed by atoms with Crippen LogP contribution < -0.4 is 20.2 Å². The molecule has 3 rings (SSSR count). The molecule has 7 nitrogen and oxygen atoms in total. The lowest BCUT2D eigenvalue weighted by Gasteiger charge is -2.14. The van der Waals surface area contributed by atoms with Crippen molar-refractivity contribution in [1.29, 1.82) is 0 Å². The first-order valence-corrected chi connectivity index (χ1v) is 11.6. The number of nitrogens with zero attached hydrogens (tertiary/aromatic N) is 1. The van der Waals surface area contributed by atoms with E-state index in [1.807, 2.05) is 37.3 Å². The smallest absolute Gasteiger partial charge is 0.249 e. The van der Waals surface area contributed by atoms with Crippen LogP contribution in [0.3, 0.4) is 0 Å². The first kappa shape index (κ1) is 25.3.